The number of aromatic nitrogens is 3. The van der Waals surface area contributed by atoms with Crippen LogP contribution in [-0.4, -0.2) is 34.4 Å². The van der Waals surface area contributed by atoms with Crippen LogP contribution >= 0.6 is 24.0 Å². The lowest BCUT2D eigenvalue weighted by atomic mass is 10.1. The van der Waals surface area contributed by atoms with E-state index in [1.807, 2.05) is 18.5 Å². The van der Waals surface area contributed by atoms with Crippen LogP contribution in [0.3, 0.4) is 0 Å². The maximum absolute atomic E-state index is 5.70. The molecule has 1 aromatic heterocycles. The first-order chi connectivity index (χ1) is 11.1. The molecule has 0 saturated heterocycles. The van der Waals surface area contributed by atoms with Gasteiger partial charge in [0.2, 0.25) is 0 Å². The quantitative estimate of drug-likeness (QED) is 0.405. The predicted octanol–water partition coefficient (Wildman–Crippen LogP) is 2.01. The van der Waals surface area contributed by atoms with Gasteiger partial charge in [-0.05, 0) is 25.5 Å². The van der Waals surface area contributed by atoms with Crippen LogP contribution in [0.2, 0.25) is 0 Å². The number of nitrogens with zero attached hydrogens (tertiary/aromatic N) is 4. The Balaban J connectivity index is 0.00000288. The van der Waals surface area contributed by atoms with E-state index < -0.39 is 0 Å². The summed E-state index contributed by atoms with van der Waals surface area (Å²) in [5, 5.41) is 14.4. The maximum atomic E-state index is 5.70. The molecule has 0 unspecified atom stereocenters. The molecule has 0 atom stereocenters. The van der Waals surface area contributed by atoms with Gasteiger partial charge in [-0.1, -0.05) is 12.1 Å². The van der Waals surface area contributed by atoms with Gasteiger partial charge < -0.3 is 19.9 Å². The Morgan fingerprint density at radius 3 is 2.67 bits per heavy atom. The average Bonchev–Trinajstić information content (AvgIpc) is 2.95. The molecule has 1 heterocycles. The number of hydrogen-bond acceptors (Lipinski definition) is 4. The second-order valence-electron chi connectivity index (χ2n) is 5.18. The first-order valence-electron chi connectivity index (χ1n) is 7.63. The number of ether oxygens (including phenoxy) is 1. The van der Waals surface area contributed by atoms with Gasteiger partial charge >= 0.3 is 0 Å². The SMILES string of the molecule is CCOc1cc(C)ccc1CNC(=NC)NCc1nncn1C.I. The van der Waals surface area contributed by atoms with E-state index in [0.29, 0.717) is 25.7 Å². The van der Waals surface area contributed by atoms with Crippen molar-refractivity contribution in [1.82, 2.24) is 25.4 Å². The van der Waals surface area contributed by atoms with Crippen LogP contribution in [0.4, 0.5) is 0 Å². The zero-order valence-corrected chi connectivity index (χ0v) is 16.9. The fourth-order valence-corrected chi connectivity index (χ4v) is 2.13. The average molecular weight is 444 g/mol. The molecule has 0 bridgehead atoms. The predicted molar refractivity (Wildman–Crippen MR) is 106 cm³/mol. The van der Waals surface area contributed by atoms with Crippen molar-refractivity contribution in [2.24, 2.45) is 12.0 Å². The second kappa shape index (κ2) is 10.1. The van der Waals surface area contributed by atoms with Gasteiger partial charge in [-0.25, -0.2) is 0 Å². The van der Waals surface area contributed by atoms with Crippen LogP contribution < -0.4 is 15.4 Å². The van der Waals surface area contributed by atoms with Gasteiger partial charge in [-0.2, -0.15) is 0 Å². The highest BCUT2D eigenvalue weighted by Crippen LogP contribution is 2.20. The Morgan fingerprint density at radius 2 is 2.04 bits per heavy atom. The summed E-state index contributed by atoms with van der Waals surface area (Å²) in [4.78, 5) is 4.22. The number of hydrogen-bond donors (Lipinski definition) is 2. The fraction of sp³-hybridized carbons (Fsp3) is 0.438. The molecule has 0 radical (unpaired) electrons. The number of aryl methyl sites for hydroxylation is 2. The van der Waals surface area contributed by atoms with E-state index in [1.54, 1.807) is 13.4 Å². The highest BCUT2D eigenvalue weighted by atomic mass is 127. The van der Waals surface area contributed by atoms with Crippen LogP contribution in [0.25, 0.3) is 0 Å². The summed E-state index contributed by atoms with van der Waals surface area (Å²) in [6, 6.07) is 6.20. The minimum Gasteiger partial charge on any atom is -0.494 e. The lowest BCUT2D eigenvalue weighted by Gasteiger charge is -2.14. The Hall–Kier alpha value is -1.84. The van der Waals surface area contributed by atoms with E-state index in [1.165, 1.54) is 5.56 Å². The minimum atomic E-state index is 0. The molecular weight excluding hydrogens is 419 g/mol. The van der Waals surface area contributed by atoms with Crippen molar-refractivity contribution in [3.63, 3.8) is 0 Å². The zero-order chi connectivity index (χ0) is 16.7. The highest BCUT2D eigenvalue weighted by molar-refractivity contribution is 14.0. The van der Waals surface area contributed by atoms with E-state index in [2.05, 4.69) is 50.9 Å². The van der Waals surface area contributed by atoms with Crippen molar-refractivity contribution in [3.8, 4) is 5.75 Å². The van der Waals surface area contributed by atoms with Crippen molar-refractivity contribution in [1.29, 1.82) is 0 Å². The van der Waals surface area contributed by atoms with Crippen molar-refractivity contribution in [2.75, 3.05) is 13.7 Å². The fourth-order valence-electron chi connectivity index (χ4n) is 2.13. The van der Waals surface area contributed by atoms with Gasteiger partial charge in [0.25, 0.3) is 0 Å². The molecule has 0 fully saturated rings. The molecule has 0 saturated carbocycles. The number of halogens is 1. The Kier molecular flexibility index (Phi) is 8.51. The van der Waals surface area contributed by atoms with Crippen LogP contribution in [0.1, 0.15) is 23.9 Å². The molecule has 0 aliphatic rings. The normalized spacial score (nSPS) is 10.9. The van der Waals surface area contributed by atoms with Gasteiger partial charge in [-0.15, -0.1) is 34.2 Å². The van der Waals surface area contributed by atoms with E-state index in [4.69, 9.17) is 4.74 Å². The Morgan fingerprint density at radius 1 is 1.29 bits per heavy atom. The van der Waals surface area contributed by atoms with Crippen LogP contribution in [0.15, 0.2) is 29.5 Å². The van der Waals surface area contributed by atoms with E-state index >= 15 is 0 Å². The van der Waals surface area contributed by atoms with Crippen molar-refractivity contribution in [2.45, 2.75) is 26.9 Å². The summed E-state index contributed by atoms with van der Waals surface area (Å²) in [7, 11) is 3.65. The maximum Gasteiger partial charge on any atom is 0.191 e. The van der Waals surface area contributed by atoms with Gasteiger partial charge in [0.15, 0.2) is 11.8 Å². The molecule has 7 nitrogen and oxygen atoms in total. The monoisotopic (exact) mass is 444 g/mol. The number of rotatable bonds is 6. The number of benzene rings is 1. The third kappa shape index (κ3) is 5.66. The highest BCUT2D eigenvalue weighted by Gasteiger charge is 2.06. The third-order valence-electron chi connectivity index (χ3n) is 3.41. The van der Waals surface area contributed by atoms with Gasteiger partial charge in [0.1, 0.15) is 12.1 Å². The van der Waals surface area contributed by atoms with E-state index in [-0.39, 0.29) is 24.0 Å². The molecule has 0 spiro atoms. The van der Waals surface area contributed by atoms with Gasteiger partial charge in [-0.3, -0.25) is 4.99 Å². The summed E-state index contributed by atoms with van der Waals surface area (Å²) in [6.45, 7) is 5.88. The molecule has 0 aliphatic heterocycles. The summed E-state index contributed by atoms with van der Waals surface area (Å²) in [5.74, 6) is 2.46. The molecule has 1 aromatic carbocycles. The number of guanidine groups is 1. The molecule has 0 aliphatic carbocycles. The third-order valence-corrected chi connectivity index (χ3v) is 3.41. The summed E-state index contributed by atoms with van der Waals surface area (Å²) < 4.78 is 7.56. The lowest BCUT2D eigenvalue weighted by Crippen LogP contribution is -2.37. The first-order valence-corrected chi connectivity index (χ1v) is 7.63. The topological polar surface area (TPSA) is 76.4 Å². The largest absolute Gasteiger partial charge is 0.494 e. The van der Waals surface area contributed by atoms with Crippen molar-refractivity contribution >= 4 is 29.9 Å². The van der Waals surface area contributed by atoms with Crippen molar-refractivity contribution < 1.29 is 4.74 Å². The number of aliphatic imine (C=N–C) groups is 1. The lowest BCUT2D eigenvalue weighted by molar-refractivity contribution is 0.336. The van der Waals surface area contributed by atoms with Crippen LogP contribution in [0, 0.1) is 6.92 Å². The molecular formula is C16H25IN6O. The first kappa shape index (κ1) is 20.2. The van der Waals surface area contributed by atoms with Gasteiger partial charge in [0.05, 0.1) is 13.2 Å². The van der Waals surface area contributed by atoms with E-state index in [0.717, 1.165) is 17.1 Å². The van der Waals surface area contributed by atoms with Crippen LogP contribution in [-0.2, 0) is 20.1 Å². The molecule has 132 valence electrons. The standard InChI is InChI=1S/C16H24N6O.HI/c1-5-23-14-8-12(2)6-7-13(14)9-18-16(17-3)19-10-15-21-20-11-22(15)4;/h6-8,11H,5,9-10H2,1-4H3,(H2,17,18,19);1H. The Labute approximate surface area is 159 Å². The molecule has 0 amide bonds. The van der Waals surface area contributed by atoms with Gasteiger partial charge in [0, 0.05) is 26.2 Å². The molecule has 2 rings (SSSR count). The summed E-state index contributed by atoms with van der Waals surface area (Å²) in [6.07, 6.45) is 1.67. The second-order valence-corrected chi connectivity index (χ2v) is 5.18. The summed E-state index contributed by atoms with van der Waals surface area (Å²) in [5.41, 5.74) is 2.28. The number of nitrogens with one attached hydrogen (secondary N) is 2. The summed E-state index contributed by atoms with van der Waals surface area (Å²) >= 11 is 0. The smallest absolute Gasteiger partial charge is 0.191 e. The minimum absolute atomic E-state index is 0. The molecule has 24 heavy (non-hydrogen) atoms. The molecule has 2 N–H and O–H groups in total. The molecule has 8 heteroatoms. The van der Waals surface area contributed by atoms with Crippen molar-refractivity contribution in [3.05, 3.63) is 41.5 Å². The molecule has 2 aromatic rings. The van der Waals surface area contributed by atoms with Crippen LogP contribution in [0.5, 0.6) is 5.75 Å². The van der Waals surface area contributed by atoms with E-state index in [9.17, 15) is 0 Å². The zero-order valence-electron chi connectivity index (χ0n) is 14.5. The Bertz CT molecular complexity index is 670.